The summed E-state index contributed by atoms with van der Waals surface area (Å²) in [6.45, 7) is 5.56. The van der Waals surface area contributed by atoms with Crippen LogP contribution < -0.4 is 5.32 Å². The number of hydrogen-bond acceptors (Lipinski definition) is 3. The highest BCUT2D eigenvalue weighted by Gasteiger charge is 2.09. The molecule has 1 aliphatic heterocycles. The van der Waals surface area contributed by atoms with Crippen molar-refractivity contribution in [3.63, 3.8) is 0 Å². The van der Waals surface area contributed by atoms with Crippen molar-refractivity contribution < 1.29 is 4.79 Å². The fraction of sp³-hybridized carbons (Fsp3) is 0.909. The van der Waals surface area contributed by atoms with Gasteiger partial charge in [0.25, 0.3) is 0 Å². The van der Waals surface area contributed by atoms with E-state index >= 15 is 0 Å². The molecule has 15 heavy (non-hydrogen) atoms. The van der Waals surface area contributed by atoms with Crippen LogP contribution in [-0.2, 0) is 4.79 Å². The summed E-state index contributed by atoms with van der Waals surface area (Å²) in [7, 11) is 3.64. The lowest BCUT2D eigenvalue weighted by Gasteiger charge is -2.19. The van der Waals surface area contributed by atoms with Crippen molar-refractivity contribution in [2.75, 3.05) is 46.8 Å². The molecule has 0 aromatic carbocycles. The van der Waals surface area contributed by atoms with Crippen LogP contribution in [0.25, 0.3) is 0 Å². The maximum Gasteiger partial charge on any atom is 0.222 e. The molecule has 0 atom stereocenters. The number of hydrogen-bond donors (Lipinski definition) is 1. The molecule has 4 heteroatoms. The third kappa shape index (κ3) is 5.14. The molecule has 0 aliphatic carbocycles. The van der Waals surface area contributed by atoms with Crippen LogP contribution in [0.5, 0.6) is 0 Å². The van der Waals surface area contributed by atoms with E-state index in [1.165, 1.54) is 13.0 Å². The van der Waals surface area contributed by atoms with Crippen LogP contribution in [-0.4, -0.2) is 62.5 Å². The Labute approximate surface area is 92.6 Å². The molecule has 1 fully saturated rings. The van der Waals surface area contributed by atoms with Gasteiger partial charge >= 0.3 is 0 Å². The normalized spacial score (nSPS) is 18.5. The third-order valence-electron chi connectivity index (χ3n) is 2.80. The van der Waals surface area contributed by atoms with Gasteiger partial charge in [0.2, 0.25) is 5.91 Å². The zero-order chi connectivity index (χ0) is 11.1. The van der Waals surface area contributed by atoms with E-state index < -0.39 is 0 Å². The highest BCUT2D eigenvalue weighted by Crippen LogP contribution is 2.00. The first-order valence-corrected chi connectivity index (χ1v) is 5.83. The molecule has 1 saturated heterocycles. The summed E-state index contributed by atoms with van der Waals surface area (Å²) in [4.78, 5) is 15.5. The second-order valence-electron chi connectivity index (χ2n) is 4.34. The van der Waals surface area contributed by atoms with Crippen molar-refractivity contribution in [3.05, 3.63) is 0 Å². The number of nitrogens with one attached hydrogen (secondary N) is 1. The van der Waals surface area contributed by atoms with Crippen LogP contribution in [0.4, 0.5) is 0 Å². The Morgan fingerprint density at radius 2 is 2.13 bits per heavy atom. The molecule has 0 aromatic heterocycles. The molecule has 4 nitrogen and oxygen atoms in total. The van der Waals surface area contributed by atoms with Crippen LogP contribution in [0.15, 0.2) is 0 Å². The van der Waals surface area contributed by atoms with Crippen molar-refractivity contribution in [1.82, 2.24) is 15.1 Å². The number of carbonyl (C=O) groups excluding carboxylic acids is 1. The molecule has 1 amide bonds. The van der Waals surface area contributed by atoms with E-state index in [0.29, 0.717) is 6.42 Å². The minimum atomic E-state index is 0.239. The molecule has 0 spiro atoms. The molecule has 0 bridgehead atoms. The SMILES string of the molecule is CN(C)C(=O)CCCN1CCCNCC1. The summed E-state index contributed by atoms with van der Waals surface area (Å²) in [6, 6.07) is 0. The van der Waals surface area contributed by atoms with Crippen molar-refractivity contribution in [1.29, 1.82) is 0 Å². The van der Waals surface area contributed by atoms with Crippen LogP contribution in [0.2, 0.25) is 0 Å². The van der Waals surface area contributed by atoms with E-state index in [4.69, 9.17) is 0 Å². The lowest BCUT2D eigenvalue weighted by atomic mass is 10.2. The number of carbonyl (C=O) groups is 1. The zero-order valence-electron chi connectivity index (χ0n) is 9.96. The smallest absolute Gasteiger partial charge is 0.222 e. The van der Waals surface area contributed by atoms with Gasteiger partial charge in [-0.2, -0.15) is 0 Å². The maximum atomic E-state index is 11.3. The Hall–Kier alpha value is -0.610. The number of nitrogens with zero attached hydrogens (tertiary/aromatic N) is 2. The Morgan fingerprint density at radius 3 is 2.87 bits per heavy atom. The van der Waals surface area contributed by atoms with Gasteiger partial charge in [0.05, 0.1) is 0 Å². The Morgan fingerprint density at radius 1 is 1.33 bits per heavy atom. The van der Waals surface area contributed by atoms with Gasteiger partial charge in [-0.1, -0.05) is 0 Å². The second kappa shape index (κ2) is 6.80. The molecule has 0 unspecified atom stereocenters. The first kappa shape index (κ1) is 12.5. The molecule has 0 radical (unpaired) electrons. The van der Waals surface area contributed by atoms with Gasteiger partial charge in [0.1, 0.15) is 0 Å². The van der Waals surface area contributed by atoms with E-state index in [1.54, 1.807) is 4.90 Å². The summed E-state index contributed by atoms with van der Waals surface area (Å²) in [5.41, 5.74) is 0. The van der Waals surface area contributed by atoms with E-state index in [1.807, 2.05) is 14.1 Å². The summed E-state index contributed by atoms with van der Waals surface area (Å²) in [6.07, 6.45) is 2.88. The minimum Gasteiger partial charge on any atom is -0.349 e. The van der Waals surface area contributed by atoms with Crippen LogP contribution in [0.1, 0.15) is 19.3 Å². The van der Waals surface area contributed by atoms with Crippen LogP contribution in [0.3, 0.4) is 0 Å². The molecule has 1 rings (SSSR count). The molecular formula is C11H23N3O. The number of rotatable bonds is 4. The van der Waals surface area contributed by atoms with E-state index in [-0.39, 0.29) is 5.91 Å². The minimum absolute atomic E-state index is 0.239. The molecule has 0 aromatic rings. The van der Waals surface area contributed by atoms with Crippen LogP contribution >= 0.6 is 0 Å². The maximum absolute atomic E-state index is 11.3. The first-order valence-electron chi connectivity index (χ1n) is 5.83. The lowest BCUT2D eigenvalue weighted by molar-refractivity contribution is -0.128. The summed E-state index contributed by atoms with van der Waals surface area (Å²) in [5.74, 6) is 0.239. The summed E-state index contributed by atoms with van der Waals surface area (Å²) >= 11 is 0. The van der Waals surface area contributed by atoms with Crippen molar-refractivity contribution in [3.8, 4) is 0 Å². The quantitative estimate of drug-likeness (QED) is 0.722. The van der Waals surface area contributed by atoms with Gasteiger partial charge in [0, 0.05) is 33.6 Å². The average molecular weight is 213 g/mol. The molecular weight excluding hydrogens is 190 g/mol. The standard InChI is InChI=1S/C11H23N3O/c1-13(2)11(15)5-3-8-14-9-4-6-12-7-10-14/h12H,3-10H2,1-2H3. The Bertz CT molecular complexity index is 186. The predicted molar refractivity (Wildman–Crippen MR) is 61.9 cm³/mol. The second-order valence-corrected chi connectivity index (χ2v) is 4.34. The summed E-state index contributed by atoms with van der Waals surface area (Å²) in [5, 5.41) is 3.38. The fourth-order valence-corrected chi connectivity index (χ4v) is 1.80. The average Bonchev–Trinajstić information content (AvgIpc) is 2.46. The van der Waals surface area contributed by atoms with Crippen molar-refractivity contribution in [2.45, 2.75) is 19.3 Å². The Balaban J connectivity index is 2.10. The Kier molecular flexibility index (Phi) is 5.65. The molecule has 1 aliphatic rings. The molecule has 0 saturated carbocycles. The molecule has 1 heterocycles. The number of amides is 1. The molecule has 1 N–H and O–H groups in total. The van der Waals surface area contributed by atoms with Crippen LogP contribution in [0, 0.1) is 0 Å². The van der Waals surface area contributed by atoms with Crippen molar-refractivity contribution in [2.24, 2.45) is 0 Å². The zero-order valence-corrected chi connectivity index (χ0v) is 9.96. The van der Waals surface area contributed by atoms with E-state index in [2.05, 4.69) is 10.2 Å². The summed E-state index contributed by atoms with van der Waals surface area (Å²) < 4.78 is 0. The monoisotopic (exact) mass is 213 g/mol. The molecule has 88 valence electrons. The predicted octanol–water partition coefficient (Wildman–Crippen LogP) is 0.150. The first-order chi connectivity index (χ1) is 7.20. The van der Waals surface area contributed by atoms with Gasteiger partial charge in [0.15, 0.2) is 0 Å². The highest BCUT2D eigenvalue weighted by atomic mass is 16.2. The lowest BCUT2D eigenvalue weighted by Crippen LogP contribution is -2.30. The fourth-order valence-electron chi connectivity index (χ4n) is 1.80. The highest BCUT2D eigenvalue weighted by molar-refractivity contribution is 5.75. The topological polar surface area (TPSA) is 35.6 Å². The van der Waals surface area contributed by atoms with Gasteiger partial charge < -0.3 is 15.1 Å². The van der Waals surface area contributed by atoms with Crippen molar-refractivity contribution >= 4 is 5.91 Å². The van der Waals surface area contributed by atoms with E-state index in [0.717, 1.165) is 32.6 Å². The van der Waals surface area contributed by atoms with Gasteiger partial charge in [-0.15, -0.1) is 0 Å². The third-order valence-corrected chi connectivity index (χ3v) is 2.80. The van der Waals surface area contributed by atoms with Gasteiger partial charge in [-0.3, -0.25) is 4.79 Å². The van der Waals surface area contributed by atoms with Gasteiger partial charge in [-0.25, -0.2) is 0 Å². The largest absolute Gasteiger partial charge is 0.349 e. The van der Waals surface area contributed by atoms with Gasteiger partial charge in [-0.05, 0) is 32.5 Å². The van der Waals surface area contributed by atoms with E-state index in [9.17, 15) is 4.79 Å².